The van der Waals surface area contributed by atoms with Gasteiger partial charge in [0.2, 0.25) is 0 Å². The molecule has 9 heteroatoms. The number of aromatic hydroxyl groups is 1. The standard InChI is InChI=1S/C14H19NO8/c1-11-10-12(2-3-13(11)16)14(17)22-8-6-20-4-5-21-7-9-23-15(18)19/h2-3,10,16H,4-9H2,1H3. The van der Waals surface area contributed by atoms with Gasteiger partial charge in [-0.15, -0.1) is 10.1 Å². The van der Waals surface area contributed by atoms with E-state index in [1.807, 2.05) is 0 Å². The Morgan fingerprint density at radius 1 is 1.13 bits per heavy atom. The summed E-state index contributed by atoms with van der Waals surface area (Å²) in [6.45, 7) is 2.48. The summed E-state index contributed by atoms with van der Waals surface area (Å²) < 4.78 is 15.2. The summed E-state index contributed by atoms with van der Waals surface area (Å²) in [4.78, 5) is 25.6. The van der Waals surface area contributed by atoms with E-state index in [4.69, 9.17) is 14.2 Å². The van der Waals surface area contributed by atoms with Gasteiger partial charge in [0, 0.05) is 0 Å². The van der Waals surface area contributed by atoms with E-state index in [2.05, 4.69) is 4.84 Å². The molecule has 0 radical (unpaired) electrons. The second kappa shape index (κ2) is 10.4. The Balaban J connectivity index is 2.03. The van der Waals surface area contributed by atoms with Gasteiger partial charge in [-0.2, -0.15) is 0 Å². The fourth-order valence-corrected chi connectivity index (χ4v) is 1.55. The van der Waals surface area contributed by atoms with Crippen LogP contribution in [0.4, 0.5) is 0 Å². The van der Waals surface area contributed by atoms with Crippen molar-refractivity contribution in [2.24, 2.45) is 0 Å². The molecule has 1 aromatic rings. The van der Waals surface area contributed by atoms with Crippen molar-refractivity contribution in [1.82, 2.24) is 0 Å². The van der Waals surface area contributed by atoms with Crippen molar-refractivity contribution in [3.8, 4) is 5.75 Å². The lowest BCUT2D eigenvalue weighted by molar-refractivity contribution is -0.758. The van der Waals surface area contributed by atoms with Crippen LogP contribution in [0.25, 0.3) is 0 Å². The van der Waals surface area contributed by atoms with E-state index in [-0.39, 0.29) is 45.4 Å². The Labute approximate surface area is 132 Å². The van der Waals surface area contributed by atoms with Gasteiger partial charge < -0.3 is 24.2 Å². The van der Waals surface area contributed by atoms with Gasteiger partial charge >= 0.3 is 5.97 Å². The third kappa shape index (κ3) is 7.98. The first kappa shape index (κ1) is 18.7. The number of phenols is 1. The van der Waals surface area contributed by atoms with E-state index in [0.717, 1.165) is 0 Å². The van der Waals surface area contributed by atoms with Crippen molar-refractivity contribution in [3.63, 3.8) is 0 Å². The fourth-order valence-electron chi connectivity index (χ4n) is 1.55. The number of hydrogen-bond acceptors (Lipinski definition) is 8. The first-order chi connectivity index (χ1) is 11.0. The maximum Gasteiger partial charge on any atom is 0.338 e. The Morgan fingerprint density at radius 3 is 2.35 bits per heavy atom. The largest absolute Gasteiger partial charge is 0.508 e. The molecular weight excluding hydrogens is 310 g/mol. The van der Waals surface area contributed by atoms with E-state index >= 15 is 0 Å². The van der Waals surface area contributed by atoms with Crippen molar-refractivity contribution < 1.29 is 34.0 Å². The summed E-state index contributed by atoms with van der Waals surface area (Å²) in [6, 6.07) is 4.45. The van der Waals surface area contributed by atoms with Crippen LogP contribution in [0.2, 0.25) is 0 Å². The predicted molar refractivity (Wildman–Crippen MR) is 77.7 cm³/mol. The van der Waals surface area contributed by atoms with Crippen LogP contribution in [-0.4, -0.2) is 55.8 Å². The van der Waals surface area contributed by atoms with Crippen LogP contribution in [0.5, 0.6) is 5.75 Å². The molecule has 0 unspecified atom stereocenters. The van der Waals surface area contributed by atoms with Crippen LogP contribution in [0, 0.1) is 17.0 Å². The van der Waals surface area contributed by atoms with Crippen molar-refractivity contribution >= 4 is 5.97 Å². The van der Waals surface area contributed by atoms with Crippen molar-refractivity contribution in [1.29, 1.82) is 0 Å². The molecular formula is C14H19NO8. The van der Waals surface area contributed by atoms with E-state index in [9.17, 15) is 20.0 Å². The van der Waals surface area contributed by atoms with Gasteiger partial charge in [-0.05, 0) is 30.7 Å². The normalized spacial score (nSPS) is 10.3. The molecule has 0 amide bonds. The molecule has 0 fully saturated rings. The molecule has 0 aliphatic rings. The van der Waals surface area contributed by atoms with E-state index in [1.165, 1.54) is 12.1 Å². The Hall–Kier alpha value is -2.39. The Kier molecular flexibility index (Phi) is 8.40. The molecule has 9 nitrogen and oxygen atoms in total. The van der Waals surface area contributed by atoms with Crippen molar-refractivity contribution in [2.45, 2.75) is 6.92 Å². The van der Waals surface area contributed by atoms with Gasteiger partial charge in [0.1, 0.15) is 19.0 Å². The highest BCUT2D eigenvalue weighted by molar-refractivity contribution is 5.89. The van der Waals surface area contributed by atoms with Gasteiger partial charge in [-0.1, -0.05) is 0 Å². The molecule has 0 saturated carbocycles. The smallest absolute Gasteiger partial charge is 0.338 e. The number of phenolic OH excluding ortho intramolecular Hbond substituents is 1. The molecule has 0 bridgehead atoms. The zero-order valence-electron chi connectivity index (χ0n) is 12.7. The second-order valence-corrected chi connectivity index (χ2v) is 4.42. The third-order valence-electron chi connectivity index (χ3n) is 2.69. The number of nitrogens with zero attached hydrogens (tertiary/aromatic N) is 1. The molecule has 0 aromatic heterocycles. The first-order valence-electron chi connectivity index (χ1n) is 6.90. The molecule has 0 aliphatic heterocycles. The lowest BCUT2D eigenvalue weighted by atomic mass is 10.1. The molecule has 1 N–H and O–H groups in total. The lowest BCUT2D eigenvalue weighted by Gasteiger charge is -2.07. The number of esters is 1. The number of ether oxygens (including phenoxy) is 3. The minimum absolute atomic E-state index is 0.0865. The SMILES string of the molecule is Cc1cc(C(=O)OCCOCCOCCO[N+](=O)[O-])ccc1O. The third-order valence-corrected chi connectivity index (χ3v) is 2.69. The minimum Gasteiger partial charge on any atom is -0.508 e. The summed E-state index contributed by atoms with van der Waals surface area (Å²) in [7, 11) is 0. The fraction of sp³-hybridized carbons (Fsp3) is 0.500. The average Bonchev–Trinajstić information content (AvgIpc) is 2.51. The highest BCUT2D eigenvalue weighted by Crippen LogP contribution is 2.17. The summed E-state index contributed by atoms with van der Waals surface area (Å²) in [5.74, 6) is -0.377. The molecule has 0 aliphatic carbocycles. The van der Waals surface area contributed by atoms with Crippen LogP contribution in [0.15, 0.2) is 18.2 Å². The topological polar surface area (TPSA) is 117 Å². The van der Waals surface area contributed by atoms with Crippen molar-refractivity contribution in [3.05, 3.63) is 39.4 Å². The maximum atomic E-state index is 11.7. The molecule has 23 heavy (non-hydrogen) atoms. The molecule has 1 rings (SSSR count). The first-order valence-corrected chi connectivity index (χ1v) is 6.90. The number of carbonyl (C=O) groups is 1. The zero-order chi connectivity index (χ0) is 17.1. The van der Waals surface area contributed by atoms with Gasteiger partial charge in [-0.3, -0.25) is 0 Å². The van der Waals surface area contributed by atoms with Crippen LogP contribution in [-0.2, 0) is 19.0 Å². The quantitative estimate of drug-likeness (QED) is 0.277. The highest BCUT2D eigenvalue weighted by atomic mass is 17.0. The van der Waals surface area contributed by atoms with Gasteiger partial charge in [0.25, 0.3) is 5.09 Å². The van der Waals surface area contributed by atoms with Crippen LogP contribution < -0.4 is 0 Å². The molecule has 1 aromatic carbocycles. The van der Waals surface area contributed by atoms with E-state index in [0.29, 0.717) is 11.1 Å². The number of hydrogen-bond donors (Lipinski definition) is 1. The summed E-state index contributed by atoms with van der Waals surface area (Å²) in [5, 5.41) is 18.3. The van der Waals surface area contributed by atoms with E-state index in [1.54, 1.807) is 13.0 Å². The number of rotatable bonds is 11. The maximum absolute atomic E-state index is 11.7. The number of carbonyl (C=O) groups excluding carboxylic acids is 1. The molecule has 128 valence electrons. The minimum atomic E-state index is -0.885. The summed E-state index contributed by atoms with van der Waals surface area (Å²) >= 11 is 0. The van der Waals surface area contributed by atoms with Gasteiger partial charge in [-0.25, -0.2) is 4.79 Å². The van der Waals surface area contributed by atoms with Gasteiger partial charge in [0.15, 0.2) is 0 Å². The van der Waals surface area contributed by atoms with Gasteiger partial charge in [0.05, 0.1) is 32.0 Å². The summed E-state index contributed by atoms with van der Waals surface area (Å²) in [5.41, 5.74) is 0.948. The lowest BCUT2D eigenvalue weighted by Crippen LogP contribution is -2.14. The average molecular weight is 329 g/mol. The second-order valence-electron chi connectivity index (χ2n) is 4.42. The Morgan fingerprint density at radius 2 is 1.74 bits per heavy atom. The highest BCUT2D eigenvalue weighted by Gasteiger charge is 2.08. The molecule has 0 heterocycles. The number of aryl methyl sites for hydroxylation is 1. The van der Waals surface area contributed by atoms with Crippen LogP contribution >= 0.6 is 0 Å². The summed E-state index contributed by atoms with van der Waals surface area (Å²) in [6.07, 6.45) is 0. The van der Waals surface area contributed by atoms with Crippen molar-refractivity contribution in [2.75, 3.05) is 39.6 Å². The number of benzene rings is 1. The zero-order valence-corrected chi connectivity index (χ0v) is 12.7. The predicted octanol–water partition coefficient (Wildman–Crippen LogP) is 1.10. The Bertz CT molecular complexity index is 519. The molecule has 0 atom stereocenters. The molecule has 0 spiro atoms. The monoisotopic (exact) mass is 329 g/mol. The van der Waals surface area contributed by atoms with Crippen LogP contribution in [0.3, 0.4) is 0 Å². The van der Waals surface area contributed by atoms with Crippen LogP contribution in [0.1, 0.15) is 15.9 Å². The molecule has 0 saturated heterocycles. The van der Waals surface area contributed by atoms with E-state index < -0.39 is 11.1 Å².